The lowest BCUT2D eigenvalue weighted by Crippen LogP contribution is -2.06. The van der Waals surface area contributed by atoms with E-state index in [1.54, 1.807) is 0 Å². The van der Waals surface area contributed by atoms with Crippen LogP contribution in [0, 0.1) is 0 Å². The zero-order valence-electron chi connectivity index (χ0n) is 8.79. The molecule has 1 heteroatoms. The van der Waals surface area contributed by atoms with Gasteiger partial charge in [-0.15, -0.1) is 0 Å². The molecule has 0 spiro atoms. The molecule has 1 aromatic rings. The predicted octanol–water partition coefficient (Wildman–Crippen LogP) is 3.00. The summed E-state index contributed by atoms with van der Waals surface area (Å²) >= 11 is 0. The van der Waals surface area contributed by atoms with E-state index < -0.39 is 0 Å². The summed E-state index contributed by atoms with van der Waals surface area (Å²) in [5, 5.41) is 0. The molecule has 0 aromatic heterocycles. The molecule has 0 atom stereocenters. The highest BCUT2D eigenvalue weighted by Gasteiger charge is 2.08. The fraction of sp³-hybridized carbons (Fsp3) is 0.462. The molecule has 1 aliphatic heterocycles. The summed E-state index contributed by atoms with van der Waals surface area (Å²) < 4.78 is 0. The van der Waals surface area contributed by atoms with Gasteiger partial charge in [0.2, 0.25) is 0 Å². The molecule has 1 aliphatic rings. The average molecular weight is 187 g/mol. The van der Waals surface area contributed by atoms with Crippen LogP contribution in [0.1, 0.15) is 36.5 Å². The van der Waals surface area contributed by atoms with Gasteiger partial charge < -0.3 is 0 Å². The zero-order valence-corrected chi connectivity index (χ0v) is 8.79. The molecule has 74 valence electrons. The fourth-order valence-electron chi connectivity index (χ4n) is 2.02. The molecule has 0 radical (unpaired) electrons. The van der Waals surface area contributed by atoms with Crippen molar-refractivity contribution in [1.82, 2.24) is 0 Å². The van der Waals surface area contributed by atoms with Crippen molar-refractivity contribution in [2.45, 2.75) is 32.6 Å². The highest BCUT2D eigenvalue weighted by atomic mass is 14.7. The van der Waals surface area contributed by atoms with Gasteiger partial charge in [0.05, 0.1) is 0 Å². The van der Waals surface area contributed by atoms with Crippen molar-refractivity contribution >= 4 is 6.21 Å². The topological polar surface area (TPSA) is 12.4 Å². The molecule has 0 saturated carbocycles. The Hall–Kier alpha value is -1.11. The molecule has 0 aliphatic carbocycles. The summed E-state index contributed by atoms with van der Waals surface area (Å²) in [6.07, 6.45) is 6.96. The fourth-order valence-corrected chi connectivity index (χ4v) is 2.02. The van der Waals surface area contributed by atoms with E-state index in [9.17, 15) is 0 Å². The van der Waals surface area contributed by atoms with Crippen molar-refractivity contribution in [3.8, 4) is 0 Å². The van der Waals surface area contributed by atoms with E-state index >= 15 is 0 Å². The summed E-state index contributed by atoms with van der Waals surface area (Å²) in [5.74, 6) is 0. The third kappa shape index (κ3) is 1.87. The molecule has 0 amide bonds. The summed E-state index contributed by atoms with van der Waals surface area (Å²) in [4.78, 5) is 4.31. The van der Waals surface area contributed by atoms with Crippen LogP contribution in [-0.2, 0) is 12.8 Å². The Morgan fingerprint density at radius 3 is 3.14 bits per heavy atom. The second-order valence-corrected chi connectivity index (χ2v) is 3.87. The molecule has 14 heavy (non-hydrogen) atoms. The lowest BCUT2D eigenvalue weighted by Gasteiger charge is -2.14. The number of hydrogen-bond donors (Lipinski definition) is 0. The maximum Gasteiger partial charge on any atom is 0.0430 e. The van der Waals surface area contributed by atoms with Crippen molar-refractivity contribution < 1.29 is 0 Å². The lowest BCUT2D eigenvalue weighted by molar-refractivity contribution is 0.782. The Bertz CT molecular complexity index is 339. The van der Waals surface area contributed by atoms with Gasteiger partial charge in [0, 0.05) is 12.8 Å². The van der Waals surface area contributed by atoms with Crippen molar-refractivity contribution in [2.24, 2.45) is 4.99 Å². The maximum atomic E-state index is 4.31. The predicted molar refractivity (Wildman–Crippen MR) is 61.2 cm³/mol. The molecule has 1 heterocycles. The Kier molecular flexibility index (Phi) is 2.97. The second-order valence-electron chi connectivity index (χ2n) is 3.87. The Balaban J connectivity index is 2.27. The Morgan fingerprint density at radius 1 is 1.36 bits per heavy atom. The van der Waals surface area contributed by atoms with Crippen molar-refractivity contribution in [2.75, 3.05) is 6.54 Å². The van der Waals surface area contributed by atoms with Crippen LogP contribution in [0.25, 0.3) is 0 Å². The summed E-state index contributed by atoms with van der Waals surface area (Å²) in [6.45, 7) is 3.22. The van der Waals surface area contributed by atoms with E-state index in [0.29, 0.717) is 0 Å². The highest BCUT2D eigenvalue weighted by Crippen LogP contribution is 2.19. The standard InChI is InChI=1S/C13H17N/c1-2-3-5-11-6-4-7-12-10-14-9-8-13(11)12/h4,6-7,10H,2-3,5,8-9H2,1H3. The van der Waals surface area contributed by atoms with Crippen LogP contribution < -0.4 is 0 Å². The molecule has 0 saturated heterocycles. The van der Waals surface area contributed by atoms with Crippen LogP contribution in [0.4, 0.5) is 0 Å². The number of fused-ring (bicyclic) bond motifs is 1. The normalized spacial score (nSPS) is 14.1. The van der Waals surface area contributed by atoms with E-state index in [1.165, 1.54) is 36.0 Å². The minimum absolute atomic E-state index is 0.968. The molecule has 0 N–H and O–H groups in total. The zero-order chi connectivity index (χ0) is 9.80. The molecular formula is C13H17N. The summed E-state index contributed by atoms with van der Waals surface area (Å²) in [6, 6.07) is 6.60. The Labute approximate surface area is 85.9 Å². The van der Waals surface area contributed by atoms with E-state index in [1.807, 2.05) is 6.21 Å². The van der Waals surface area contributed by atoms with Gasteiger partial charge in [0.15, 0.2) is 0 Å². The largest absolute Gasteiger partial charge is 0.292 e. The second kappa shape index (κ2) is 4.41. The van der Waals surface area contributed by atoms with Gasteiger partial charge in [-0.05, 0) is 36.0 Å². The lowest BCUT2D eigenvalue weighted by atomic mass is 9.94. The summed E-state index contributed by atoms with van der Waals surface area (Å²) in [7, 11) is 0. The van der Waals surface area contributed by atoms with E-state index in [2.05, 4.69) is 30.1 Å². The van der Waals surface area contributed by atoms with E-state index in [0.717, 1.165) is 13.0 Å². The Morgan fingerprint density at radius 2 is 2.29 bits per heavy atom. The third-order valence-electron chi connectivity index (χ3n) is 2.83. The molecule has 0 bridgehead atoms. The van der Waals surface area contributed by atoms with Crippen LogP contribution >= 0.6 is 0 Å². The van der Waals surface area contributed by atoms with E-state index in [-0.39, 0.29) is 0 Å². The smallest absolute Gasteiger partial charge is 0.0430 e. The number of benzene rings is 1. The van der Waals surface area contributed by atoms with Crippen LogP contribution in [0.15, 0.2) is 23.2 Å². The minimum Gasteiger partial charge on any atom is -0.292 e. The minimum atomic E-state index is 0.968. The molecule has 0 fully saturated rings. The van der Waals surface area contributed by atoms with E-state index in [4.69, 9.17) is 0 Å². The first-order valence-corrected chi connectivity index (χ1v) is 5.52. The van der Waals surface area contributed by atoms with Gasteiger partial charge in [-0.3, -0.25) is 4.99 Å². The number of rotatable bonds is 3. The molecule has 2 rings (SSSR count). The average Bonchev–Trinajstić information content (AvgIpc) is 2.26. The molecule has 1 nitrogen and oxygen atoms in total. The van der Waals surface area contributed by atoms with Crippen molar-refractivity contribution in [3.63, 3.8) is 0 Å². The van der Waals surface area contributed by atoms with Gasteiger partial charge in [-0.2, -0.15) is 0 Å². The van der Waals surface area contributed by atoms with Gasteiger partial charge in [0.25, 0.3) is 0 Å². The van der Waals surface area contributed by atoms with Crippen LogP contribution in [0.5, 0.6) is 0 Å². The quantitative estimate of drug-likeness (QED) is 0.689. The maximum absolute atomic E-state index is 4.31. The number of unbranched alkanes of at least 4 members (excludes halogenated alkanes) is 1. The summed E-state index contributed by atoms with van der Waals surface area (Å²) in [5.41, 5.74) is 4.41. The van der Waals surface area contributed by atoms with Gasteiger partial charge >= 0.3 is 0 Å². The van der Waals surface area contributed by atoms with Crippen LogP contribution in [0.2, 0.25) is 0 Å². The number of aliphatic imine (C=N–C) groups is 1. The molecule has 1 aromatic carbocycles. The third-order valence-corrected chi connectivity index (χ3v) is 2.83. The van der Waals surface area contributed by atoms with Gasteiger partial charge in [0.1, 0.15) is 0 Å². The first-order valence-electron chi connectivity index (χ1n) is 5.52. The van der Waals surface area contributed by atoms with Crippen molar-refractivity contribution in [1.29, 1.82) is 0 Å². The molecular weight excluding hydrogens is 170 g/mol. The first kappa shape index (κ1) is 9.45. The van der Waals surface area contributed by atoms with Crippen molar-refractivity contribution in [3.05, 3.63) is 34.9 Å². The van der Waals surface area contributed by atoms with Gasteiger partial charge in [-0.25, -0.2) is 0 Å². The number of hydrogen-bond acceptors (Lipinski definition) is 1. The van der Waals surface area contributed by atoms with Crippen LogP contribution in [-0.4, -0.2) is 12.8 Å². The molecule has 0 unspecified atom stereocenters. The SMILES string of the molecule is CCCCc1cccc2c1CCN=C2. The first-order chi connectivity index (χ1) is 6.92. The number of aryl methyl sites for hydroxylation is 1. The highest BCUT2D eigenvalue weighted by molar-refractivity contribution is 5.83. The number of nitrogens with zero attached hydrogens (tertiary/aromatic N) is 1. The van der Waals surface area contributed by atoms with Crippen LogP contribution in [0.3, 0.4) is 0 Å². The monoisotopic (exact) mass is 187 g/mol. The van der Waals surface area contributed by atoms with Gasteiger partial charge in [-0.1, -0.05) is 31.5 Å².